The van der Waals surface area contributed by atoms with Crippen LogP contribution in [0.25, 0.3) is 11.1 Å². The molecular weight excluding hydrogens is 787 g/mol. The summed E-state index contributed by atoms with van der Waals surface area (Å²) in [5, 5.41) is 8.99. The number of benzene rings is 6. The molecule has 0 N–H and O–H groups in total. The van der Waals surface area contributed by atoms with E-state index >= 15 is 0 Å². The number of unbranched alkanes of at least 4 members (excludes halogenated alkanes) is 6. The summed E-state index contributed by atoms with van der Waals surface area (Å²) in [5.41, 5.74) is 2.55. The molecule has 0 aliphatic carbocycles. The first kappa shape index (κ1) is 43.1. The van der Waals surface area contributed by atoms with Crippen LogP contribution in [0.3, 0.4) is 0 Å². The van der Waals surface area contributed by atoms with Gasteiger partial charge in [0.1, 0.15) is 29.7 Å². The number of hydrogen-bond acceptors (Lipinski definition) is 0. The van der Waals surface area contributed by atoms with Crippen molar-refractivity contribution in [2.75, 3.05) is 12.3 Å². The van der Waals surface area contributed by atoms with Crippen LogP contribution in [0.4, 0.5) is 0 Å². The standard InChI is InChI=1S/C58H63N2P2/c1(3-25-49-61(53-27-11-5-12-28-53,54-29-13-6-14-30-54)55-31-15-7-16-32-55)23-43-59-45-39-51(40-46-59)52-41-47-60(48-42-52)44-24-2-4-26-50-62(56-33-17-8-18-34-56,57-35-19-9-20-36-57)58-37-21-10-22-38-58/h5-22,27-42,45-48,61H,1-4,23-26,43-44,49-50H2/q+3. The number of pyridine rings is 2. The van der Waals surface area contributed by atoms with E-state index in [4.69, 9.17) is 0 Å². The fraction of sp³-hybridized carbons (Fsp3) is 0.207. The molecule has 62 heavy (non-hydrogen) atoms. The molecule has 2 aromatic heterocycles. The Morgan fingerprint density at radius 3 is 0.968 bits per heavy atom. The number of aromatic nitrogens is 2. The SMILES string of the molecule is c1ccc([P+](CCCCCC[n+]2ccc(-c3cc[n+](CCCCCC[PH](c4ccccc4)(c4ccccc4)c4ccccc4)cc3)cc2)(c2ccccc2)c2ccccc2)cc1. The van der Waals surface area contributed by atoms with Gasteiger partial charge in [0.05, 0.1) is 6.16 Å². The number of nitrogens with zero attached hydrogens (tertiary/aromatic N) is 2. The first-order valence-electron chi connectivity index (χ1n) is 23.0. The molecule has 8 aromatic rings. The first-order chi connectivity index (χ1) is 30.8. The van der Waals surface area contributed by atoms with Gasteiger partial charge in [0.25, 0.3) is 0 Å². The minimum absolute atomic E-state index is 1.05. The van der Waals surface area contributed by atoms with Crippen LogP contribution in [0, 0.1) is 0 Å². The fourth-order valence-corrected chi connectivity index (χ4v) is 19.0. The molecule has 0 radical (unpaired) electrons. The Bertz CT molecular complexity index is 2110. The molecule has 0 unspecified atom stereocenters. The summed E-state index contributed by atoms with van der Waals surface area (Å²) in [5.74, 6) is 0. The van der Waals surface area contributed by atoms with Gasteiger partial charge in [-0.1, -0.05) is 54.6 Å². The van der Waals surface area contributed by atoms with Crippen LogP contribution < -0.4 is 41.0 Å². The third-order valence-electron chi connectivity index (χ3n) is 12.9. The number of hydrogen-bond donors (Lipinski definition) is 0. The Hall–Kier alpha value is -5.52. The zero-order valence-electron chi connectivity index (χ0n) is 36.3. The molecule has 0 saturated carbocycles. The Labute approximate surface area is 372 Å². The molecule has 0 amide bonds. The zero-order valence-corrected chi connectivity index (χ0v) is 38.2. The third-order valence-corrected chi connectivity index (χ3v) is 22.5. The monoisotopic (exact) mass is 849 g/mol. The zero-order chi connectivity index (χ0) is 42.1. The molecule has 0 aliphatic rings. The van der Waals surface area contributed by atoms with E-state index in [1.807, 2.05) is 0 Å². The minimum Gasteiger partial charge on any atom is -0.0620 e. The van der Waals surface area contributed by atoms with Crippen molar-refractivity contribution in [3.05, 3.63) is 231 Å². The summed E-state index contributed by atoms with van der Waals surface area (Å²) >= 11 is 0. The summed E-state index contributed by atoms with van der Waals surface area (Å²) in [4.78, 5) is 0. The van der Waals surface area contributed by atoms with Gasteiger partial charge in [0.2, 0.25) is 0 Å². The normalized spacial score (nSPS) is 11.9. The molecule has 0 aliphatic heterocycles. The van der Waals surface area contributed by atoms with Crippen molar-refractivity contribution in [2.45, 2.75) is 64.5 Å². The predicted molar refractivity (Wildman–Crippen MR) is 271 cm³/mol. The molecule has 2 nitrogen and oxygen atoms in total. The van der Waals surface area contributed by atoms with E-state index in [9.17, 15) is 0 Å². The van der Waals surface area contributed by atoms with Gasteiger partial charge in [-0.25, -0.2) is 4.57 Å². The van der Waals surface area contributed by atoms with Crippen molar-refractivity contribution in [1.29, 1.82) is 0 Å². The maximum absolute atomic E-state index is 2.37. The van der Waals surface area contributed by atoms with E-state index in [2.05, 4.69) is 240 Å². The molecule has 0 atom stereocenters. The quantitative estimate of drug-likeness (QED) is 0.0387. The van der Waals surface area contributed by atoms with E-state index < -0.39 is 14.5 Å². The molecule has 4 heteroatoms. The van der Waals surface area contributed by atoms with Gasteiger partial charge in [-0.15, -0.1) is 0 Å². The van der Waals surface area contributed by atoms with Gasteiger partial charge in [-0.2, -0.15) is 0 Å². The summed E-state index contributed by atoms with van der Waals surface area (Å²) in [6.07, 6.45) is 21.3. The van der Waals surface area contributed by atoms with Crippen LogP contribution >= 0.6 is 14.5 Å². The molecule has 8 rings (SSSR count). The Balaban J connectivity index is 0.799. The van der Waals surface area contributed by atoms with Gasteiger partial charge >= 0.3 is 205 Å². The van der Waals surface area contributed by atoms with Crippen molar-refractivity contribution in [1.82, 2.24) is 0 Å². The maximum atomic E-state index is 2.37. The molecule has 312 valence electrons. The second kappa shape index (κ2) is 22.0. The second-order valence-electron chi connectivity index (χ2n) is 16.8. The van der Waals surface area contributed by atoms with Crippen molar-refractivity contribution in [3.63, 3.8) is 0 Å². The second-order valence-corrected chi connectivity index (χ2v) is 24.4. The van der Waals surface area contributed by atoms with Crippen LogP contribution in [0.1, 0.15) is 51.4 Å². The molecule has 2 heterocycles. The number of aryl methyl sites for hydroxylation is 2. The van der Waals surface area contributed by atoms with Gasteiger partial charge < -0.3 is 0 Å². The van der Waals surface area contributed by atoms with Crippen molar-refractivity contribution in [3.8, 4) is 11.1 Å². The van der Waals surface area contributed by atoms with E-state index in [1.165, 1.54) is 107 Å². The minimum atomic E-state index is -2.14. The molecule has 0 spiro atoms. The summed E-state index contributed by atoms with van der Waals surface area (Å²) < 4.78 is 4.71. The average Bonchev–Trinajstić information content (AvgIpc) is 3.36. The van der Waals surface area contributed by atoms with Crippen LogP contribution in [-0.4, -0.2) is 12.3 Å². The van der Waals surface area contributed by atoms with Gasteiger partial charge in [0.15, 0.2) is 12.4 Å². The predicted octanol–water partition coefficient (Wildman–Crippen LogP) is 10.8. The van der Waals surface area contributed by atoms with Crippen molar-refractivity contribution in [2.24, 2.45) is 0 Å². The van der Waals surface area contributed by atoms with E-state index in [-0.39, 0.29) is 0 Å². The molecule has 0 fully saturated rings. The first-order valence-corrected chi connectivity index (χ1v) is 27.1. The fourth-order valence-electron chi connectivity index (χ4n) is 9.62. The molecular formula is C58H63N2P2+3. The Kier molecular flexibility index (Phi) is 15.3. The van der Waals surface area contributed by atoms with Crippen LogP contribution in [0.5, 0.6) is 0 Å². The van der Waals surface area contributed by atoms with Crippen LogP contribution in [-0.2, 0) is 13.1 Å². The molecule has 0 saturated heterocycles. The summed E-state index contributed by atoms with van der Waals surface area (Å²) in [6, 6.07) is 77.0. The molecule has 0 bridgehead atoms. The average molecular weight is 850 g/mol. The van der Waals surface area contributed by atoms with Gasteiger partial charge in [-0.3, -0.25) is 0 Å². The van der Waals surface area contributed by atoms with Crippen LogP contribution in [0.2, 0.25) is 0 Å². The summed E-state index contributed by atoms with van der Waals surface area (Å²) in [6.45, 7) is 2.11. The summed E-state index contributed by atoms with van der Waals surface area (Å²) in [7, 11) is -3.89. The van der Waals surface area contributed by atoms with Crippen LogP contribution in [0.15, 0.2) is 231 Å². The van der Waals surface area contributed by atoms with E-state index in [0.29, 0.717) is 0 Å². The van der Waals surface area contributed by atoms with Gasteiger partial charge in [-0.05, 0) is 55.7 Å². The smallest absolute Gasteiger partial charge is 0.0620 e. The van der Waals surface area contributed by atoms with Crippen molar-refractivity contribution < 1.29 is 9.13 Å². The topological polar surface area (TPSA) is 7.76 Å². The van der Waals surface area contributed by atoms with Gasteiger partial charge in [0, 0.05) is 6.42 Å². The van der Waals surface area contributed by atoms with E-state index in [1.54, 1.807) is 0 Å². The third kappa shape index (κ3) is 10.4. The van der Waals surface area contributed by atoms with E-state index in [0.717, 1.165) is 13.1 Å². The Morgan fingerprint density at radius 1 is 0.306 bits per heavy atom. The Morgan fingerprint density at radius 2 is 0.613 bits per heavy atom. The molecule has 6 aromatic carbocycles. The number of rotatable bonds is 21. The van der Waals surface area contributed by atoms with Crippen molar-refractivity contribution >= 4 is 46.4 Å².